The highest BCUT2D eigenvalue weighted by Gasteiger charge is 2.10. The van der Waals surface area contributed by atoms with Crippen LogP contribution in [0.2, 0.25) is 0 Å². The maximum absolute atomic E-state index is 12.6. The van der Waals surface area contributed by atoms with Crippen LogP contribution in [0.15, 0.2) is 55.0 Å². The number of nitrogens with zero attached hydrogens (tertiary/aromatic N) is 4. The Hall–Kier alpha value is -3.32. The molecular formula is C25H32N6O. The van der Waals surface area contributed by atoms with Gasteiger partial charge in [-0.3, -0.25) is 9.78 Å². The van der Waals surface area contributed by atoms with Crippen LogP contribution in [0.3, 0.4) is 0 Å². The molecule has 0 aliphatic rings. The van der Waals surface area contributed by atoms with E-state index in [4.69, 9.17) is 0 Å². The third-order valence-corrected chi connectivity index (χ3v) is 5.44. The number of amides is 1. The van der Waals surface area contributed by atoms with Crippen LogP contribution in [0.4, 0.5) is 11.6 Å². The first-order valence-electron chi connectivity index (χ1n) is 11.2. The number of carbonyl (C=O) groups excluding carboxylic acids is 1. The molecule has 0 aliphatic carbocycles. The summed E-state index contributed by atoms with van der Waals surface area (Å²) in [7, 11) is 0. The zero-order valence-corrected chi connectivity index (χ0v) is 19.1. The van der Waals surface area contributed by atoms with E-state index in [0.717, 1.165) is 55.0 Å². The number of hydrogen-bond donors (Lipinski definition) is 2. The quantitative estimate of drug-likeness (QED) is 0.436. The molecule has 3 aromatic rings. The van der Waals surface area contributed by atoms with Crippen LogP contribution in [-0.2, 0) is 0 Å². The fraction of sp³-hybridized carbons (Fsp3) is 0.360. The lowest BCUT2D eigenvalue weighted by Gasteiger charge is -2.17. The first kappa shape index (κ1) is 23.3. The summed E-state index contributed by atoms with van der Waals surface area (Å²) in [4.78, 5) is 28.1. The van der Waals surface area contributed by atoms with Gasteiger partial charge in [-0.15, -0.1) is 0 Å². The maximum Gasteiger partial charge on any atom is 0.251 e. The van der Waals surface area contributed by atoms with E-state index in [1.54, 1.807) is 18.6 Å². The second kappa shape index (κ2) is 11.9. The molecule has 0 saturated heterocycles. The third kappa shape index (κ3) is 6.59. The van der Waals surface area contributed by atoms with Gasteiger partial charge in [0, 0.05) is 41.9 Å². The predicted molar refractivity (Wildman–Crippen MR) is 129 cm³/mol. The first-order valence-corrected chi connectivity index (χ1v) is 11.2. The largest absolute Gasteiger partial charge is 0.352 e. The minimum Gasteiger partial charge on any atom is -0.352 e. The molecule has 0 radical (unpaired) electrons. The Labute approximate surface area is 190 Å². The van der Waals surface area contributed by atoms with Gasteiger partial charge in [-0.1, -0.05) is 19.9 Å². The molecule has 2 aromatic heterocycles. The van der Waals surface area contributed by atoms with Crippen molar-refractivity contribution in [1.82, 2.24) is 25.2 Å². The molecule has 168 valence electrons. The molecule has 0 fully saturated rings. The van der Waals surface area contributed by atoms with Crippen LogP contribution >= 0.6 is 0 Å². The van der Waals surface area contributed by atoms with Gasteiger partial charge in [0.25, 0.3) is 5.91 Å². The number of pyridine rings is 1. The molecule has 1 aromatic carbocycles. The molecule has 0 saturated carbocycles. The van der Waals surface area contributed by atoms with Crippen LogP contribution in [0.25, 0.3) is 11.3 Å². The van der Waals surface area contributed by atoms with Crippen molar-refractivity contribution < 1.29 is 4.79 Å². The third-order valence-electron chi connectivity index (χ3n) is 5.44. The summed E-state index contributed by atoms with van der Waals surface area (Å²) < 4.78 is 0. The minimum atomic E-state index is -0.0686. The van der Waals surface area contributed by atoms with E-state index in [1.807, 2.05) is 43.3 Å². The molecule has 0 aliphatic heterocycles. The van der Waals surface area contributed by atoms with Gasteiger partial charge in [0.2, 0.25) is 5.95 Å². The summed E-state index contributed by atoms with van der Waals surface area (Å²) in [6, 6.07) is 11.3. The van der Waals surface area contributed by atoms with E-state index in [1.165, 1.54) is 0 Å². The molecule has 0 atom stereocenters. The van der Waals surface area contributed by atoms with Crippen LogP contribution in [0.5, 0.6) is 0 Å². The lowest BCUT2D eigenvalue weighted by atomic mass is 10.1. The minimum absolute atomic E-state index is 0.0686. The molecule has 1 amide bonds. The van der Waals surface area contributed by atoms with E-state index in [2.05, 4.69) is 44.3 Å². The fourth-order valence-corrected chi connectivity index (χ4v) is 3.42. The second-order valence-electron chi connectivity index (χ2n) is 7.65. The molecule has 32 heavy (non-hydrogen) atoms. The van der Waals surface area contributed by atoms with Crippen molar-refractivity contribution in [1.29, 1.82) is 0 Å². The second-order valence-corrected chi connectivity index (χ2v) is 7.65. The SMILES string of the molecule is CCN(CC)CCCCNC(=O)c1ccc(C)c(Nc2nccc(-c3cccnc3)n2)c1. The predicted octanol–water partition coefficient (Wildman–Crippen LogP) is 4.44. The van der Waals surface area contributed by atoms with Crippen molar-refractivity contribution in [3.63, 3.8) is 0 Å². The number of anilines is 2. The van der Waals surface area contributed by atoms with E-state index < -0.39 is 0 Å². The molecule has 2 N–H and O–H groups in total. The van der Waals surface area contributed by atoms with Crippen molar-refractivity contribution >= 4 is 17.5 Å². The van der Waals surface area contributed by atoms with E-state index in [9.17, 15) is 4.79 Å². The summed E-state index contributed by atoms with van der Waals surface area (Å²) in [6.45, 7) is 10.2. The van der Waals surface area contributed by atoms with E-state index in [-0.39, 0.29) is 5.91 Å². The first-order chi connectivity index (χ1) is 15.6. The fourth-order valence-electron chi connectivity index (χ4n) is 3.42. The van der Waals surface area contributed by atoms with Gasteiger partial charge in [-0.2, -0.15) is 0 Å². The molecular weight excluding hydrogens is 400 g/mol. The Morgan fingerprint density at radius 3 is 2.66 bits per heavy atom. The summed E-state index contributed by atoms with van der Waals surface area (Å²) in [5.74, 6) is 0.407. The lowest BCUT2D eigenvalue weighted by Crippen LogP contribution is -2.27. The smallest absolute Gasteiger partial charge is 0.251 e. The van der Waals surface area contributed by atoms with Crippen molar-refractivity contribution in [2.75, 3.05) is 31.5 Å². The molecule has 0 unspecified atom stereocenters. The maximum atomic E-state index is 12.6. The Morgan fingerprint density at radius 1 is 1.06 bits per heavy atom. The van der Waals surface area contributed by atoms with E-state index >= 15 is 0 Å². The average Bonchev–Trinajstić information content (AvgIpc) is 2.83. The molecule has 7 heteroatoms. The standard InChI is InChI=1S/C25H32N6O/c1-4-31(5-2)16-7-6-14-27-24(32)20-11-10-19(3)23(17-20)30-25-28-15-12-22(29-25)21-9-8-13-26-18-21/h8-13,15,17-18H,4-7,14,16H2,1-3H3,(H,27,32)(H,28,29,30). The lowest BCUT2D eigenvalue weighted by molar-refractivity contribution is 0.0952. The van der Waals surface area contributed by atoms with Gasteiger partial charge in [-0.05, 0) is 75.3 Å². The van der Waals surface area contributed by atoms with Crippen LogP contribution < -0.4 is 10.6 Å². The van der Waals surface area contributed by atoms with Crippen molar-refractivity contribution in [2.24, 2.45) is 0 Å². The number of aryl methyl sites for hydroxylation is 1. The molecule has 2 heterocycles. The van der Waals surface area contributed by atoms with Crippen LogP contribution in [-0.4, -0.2) is 51.9 Å². The Balaban J connectivity index is 1.60. The Bertz CT molecular complexity index is 1000. The summed E-state index contributed by atoms with van der Waals surface area (Å²) in [6.07, 6.45) is 7.25. The molecule has 0 spiro atoms. The van der Waals surface area contributed by atoms with Crippen molar-refractivity contribution in [3.05, 3.63) is 66.1 Å². The Kier molecular flexibility index (Phi) is 8.69. The average molecular weight is 433 g/mol. The monoisotopic (exact) mass is 432 g/mol. The summed E-state index contributed by atoms with van der Waals surface area (Å²) in [5, 5.41) is 6.28. The molecule has 7 nitrogen and oxygen atoms in total. The zero-order valence-electron chi connectivity index (χ0n) is 19.1. The summed E-state index contributed by atoms with van der Waals surface area (Å²) in [5.41, 5.74) is 4.14. The number of nitrogens with one attached hydrogen (secondary N) is 2. The van der Waals surface area contributed by atoms with Gasteiger partial charge in [0.1, 0.15) is 0 Å². The van der Waals surface area contributed by atoms with E-state index in [0.29, 0.717) is 18.1 Å². The number of carbonyl (C=O) groups is 1. The summed E-state index contributed by atoms with van der Waals surface area (Å²) >= 11 is 0. The number of rotatable bonds is 11. The van der Waals surface area contributed by atoms with Gasteiger partial charge in [0.05, 0.1) is 5.69 Å². The van der Waals surface area contributed by atoms with Gasteiger partial charge in [-0.25, -0.2) is 9.97 Å². The normalized spacial score (nSPS) is 10.9. The van der Waals surface area contributed by atoms with Gasteiger partial charge < -0.3 is 15.5 Å². The highest BCUT2D eigenvalue weighted by atomic mass is 16.1. The topological polar surface area (TPSA) is 83.0 Å². The highest BCUT2D eigenvalue weighted by molar-refractivity contribution is 5.95. The molecule has 0 bridgehead atoms. The number of hydrogen-bond acceptors (Lipinski definition) is 6. The Morgan fingerprint density at radius 2 is 1.91 bits per heavy atom. The number of aromatic nitrogens is 3. The number of benzene rings is 1. The number of unbranched alkanes of at least 4 members (excludes halogenated alkanes) is 1. The van der Waals surface area contributed by atoms with Crippen molar-refractivity contribution in [3.8, 4) is 11.3 Å². The van der Waals surface area contributed by atoms with Crippen molar-refractivity contribution in [2.45, 2.75) is 33.6 Å². The zero-order chi connectivity index (χ0) is 22.8. The highest BCUT2D eigenvalue weighted by Crippen LogP contribution is 2.22. The van der Waals surface area contributed by atoms with Crippen LogP contribution in [0, 0.1) is 6.92 Å². The van der Waals surface area contributed by atoms with Gasteiger partial charge in [0.15, 0.2) is 0 Å². The van der Waals surface area contributed by atoms with Gasteiger partial charge >= 0.3 is 0 Å². The van der Waals surface area contributed by atoms with Crippen LogP contribution in [0.1, 0.15) is 42.6 Å². The molecule has 3 rings (SSSR count).